The third-order valence-electron chi connectivity index (χ3n) is 6.22. The van der Waals surface area contributed by atoms with Crippen LogP contribution in [0, 0.1) is 0 Å². The number of nitrogens with zero attached hydrogens (tertiary/aromatic N) is 3. The van der Waals surface area contributed by atoms with E-state index in [0.29, 0.717) is 22.5 Å². The molecule has 0 saturated heterocycles. The van der Waals surface area contributed by atoms with Gasteiger partial charge in [0.05, 0.1) is 0 Å². The summed E-state index contributed by atoms with van der Waals surface area (Å²) in [5.74, 6) is 1.63. The quantitative estimate of drug-likeness (QED) is 0.348. The molecule has 0 saturated carbocycles. The van der Waals surface area contributed by atoms with Gasteiger partial charge in [-0.3, -0.25) is 4.79 Å². The van der Waals surface area contributed by atoms with Crippen molar-refractivity contribution >= 4 is 45.9 Å². The Bertz CT molecular complexity index is 1410. The van der Waals surface area contributed by atoms with Crippen molar-refractivity contribution in [2.45, 2.75) is 36.2 Å². The zero-order valence-electron chi connectivity index (χ0n) is 17.8. The summed E-state index contributed by atoms with van der Waals surface area (Å²) < 4.78 is 1.86. The molecule has 0 bridgehead atoms. The number of anilines is 1. The van der Waals surface area contributed by atoms with Crippen LogP contribution in [0.5, 0.6) is 0 Å². The summed E-state index contributed by atoms with van der Waals surface area (Å²) in [4.78, 5) is 17.7. The highest BCUT2D eigenvalue weighted by molar-refractivity contribution is 7.98. The van der Waals surface area contributed by atoms with Crippen LogP contribution in [0.2, 0.25) is 5.02 Å². The van der Waals surface area contributed by atoms with Crippen LogP contribution in [0.3, 0.4) is 0 Å². The van der Waals surface area contributed by atoms with Crippen molar-refractivity contribution in [2.75, 3.05) is 5.32 Å². The first kappa shape index (κ1) is 20.5. The summed E-state index contributed by atoms with van der Waals surface area (Å²) in [7, 11) is 0. The van der Waals surface area contributed by atoms with Gasteiger partial charge in [-0.15, -0.1) is 5.10 Å². The SMILES string of the molecule is O=C1CCCC2=C1[C@H](c1ccc(Cl)cc1)n1nc(SCc3ccc4ccccc4c3)nc1N2. The van der Waals surface area contributed by atoms with Gasteiger partial charge >= 0.3 is 0 Å². The summed E-state index contributed by atoms with van der Waals surface area (Å²) in [6, 6.07) is 22.3. The van der Waals surface area contributed by atoms with E-state index in [1.165, 1.54) is 16.3 Å². The number of benzene rings is 3. The second-order valence-corrected chi connectivity index (χ2v) is 9.76. The van der Waals surface area contributed by atoms with Crippen molar-refractivity contribution in [1.82, 2.24) is 14.8 Å². The molecule has 5 nitrogen and oxygen atoms in total. The zero-order valence-corrected chi connectivity index (χ0v) is 19.4. The Balaban J connectivity index is 1.32. The van der Waals surface area contributed by atoms with Crippen LogP contribution in [0.15, 0.2) is 83.2 Å². The summed E-state index contributed by atoms with van der Waals surface area (Å²) >= 11 is 7.73. The number of ketones is 1. The van der Waals surface area contributed by atoms with Gasteiger partial charge in [0, 0.05) is 28.5 Å². The van der Waals surface area contributed by atoms with E-state index in [1.807, 2.05) is 28.9 Å². The number of allylic oxidation sites excluding steroid dienone is 2. The van der Waals surface area contributed by atoms with E-state index in [4.69, 9.17) is 21.7 Å². The molecule has 6 rings (SSSR count). The van der Waals surface area contributed by atoms with Crippen LogP contribution in [-0.2, 0) is 10.5 Å². The Morgan fingerprint density at radius 2 is 1.85 bits per heavy atom. The molecule has 2 heterocycles. The molecule has 1 atom stereocenters. The van der Waals surface area contributed by atoms with E-state index in [-0.39, 0.29) is 11.8 Å². The lowest BCUT2D eigenvalue weighted by molar-refractivity contribution is -0.116. The number of hydrogen-bond donors (Lipinski definition) is 1. The first-order valence-electron chi connectivity index (χ1n) is 11.0. The van der Waals surface area contributed by atoms with Gasteiger partial charge in [-0.05, 0) is 46.9 Å². The maximum Gasteiger partial charge on any atom is 0.227 e. The predicted octanol–water partition coefficient (Wildman–Crippen LogP) is 6.40. The Hall–Kier alpha value is -3.09. The van der Waals surface area contributed by atoms with E-state index in [1.54, 1.807) is 11.8 Å². The molecule has 1 aromatic heterocycles. The van der Waals surface area contributed by atoms with Gasteiger partial charge in [0.2, 0.25) is 11.1 Å². The topological polar surface area (TPSA) is 59.8 Å². The number of carbonyl (C=O) groups excluding carboxylic acids is 1. The van der Waals surface area contributed by atoms with Gasteiger partial charge < -0.3 is 5.32 Å². The van der Waals surface area contributed by atoms with Gasteiger partial charge in [-0.1, -0.05) is 78.0 Å². The largest absolute Gasteiger partial charge is 0.328 e. The molecule has 4 aromatic rings. The van der Waals surface area contributed by atoms with Crippen LogP contribution >= 0.6 is 23.4 Å². The summed E-state index contributed by atoms with van der Waals surface area (Å²) in [6.45, 7) is 0. The molecular weight excluding hydrogens is 452 g/mol. The Labute approximate surface area is 200 Å². The number of aromatic nitrogens is 3. The van der Waals surface area contributed by atoms with Crippen molar-refractivity contribution < 1.29 is 4.79 Å². The number of nitrogens with one attached hydrogen (secondary N) is 1. The molecule has 1 N–H and O–H groups in total. The highest BCUT2D eigenvalue weighted by Gasteiger charge is 2.36. The summed E-state index contributed by atoms with van der Waals surface area (Å²) in [6.07, 6.45) is 2.27. The molecule has 3 aromatic carbocycles. The van der Waals surface area contributed by atoms with Crippen molar-refractivity contribution in [3.8, 4) is 0 Å². The number of thioether (sulfide) groups is 1. The summed E-state index contributed by atoms with van der Waals surface area (Å²) in [5.41, 5.74) is 3.98. The molecule has 1 aliphatic heterocycles. The van der Waals surface area contributed by atoms with Crippen molar-refractivity contribution in [3.05, 3.63) is 94.1 Å². The van der Waals surface area contributed by atoms with Crippen LogP contribution in [-0.4, -0.2) is 20.5 Å². The second-order valence-electron chi connectivity index (χ2n) is 8.38. The molecule has 164 valence electrons. The third-order valence-corrected chi connectivity index (χ3v) is 7.38. The molecular formula is C26H21ClN4OS. The lowest BCUT2D eigenvalue weighted by Gasteiger charge is -2.32. The molecule has 33 heavy (non-hydrogen) atoms. The zero-order chi connectivity index (χ0) is 22.4. The maximum absolute atomic E-state index is 12.9. The number of Topliss-reactive ketones (excluding diaryl/α,β-unsaturated/α-hetero) is 1. The lowest BCUT2D eigenvalue weighted by atomic mass is 9.85. The average Bonchev–Trinajstić information content (AvgIpc) is 3.25. The second kappa shape index (κ2) is 8.36. The fourth-order valence-electron chi connectivity index (χ4n) is 4.63. The Morgan fingerprint density at radius 3 is 2.70 bits per heavy atom. The molecule has 0 unspecified atom stereocenters. The van der Waals surface area contributed by atoms with Gasteiger partial charge in [-0.25, -0.2) is 4.68 Å². The molecule has 1 aliphatic carbocycles. The van der Waals surface area contributed by atoms with Crippen molar-refractivity contribution in [2.24, 2.45) is 0 Å². The molecule has 0 fully saturated rings. The van der Waals surface area contributed by atoms with Crippen LogP contribution < -0.4 is 5.32 Å². The van der Waals surface area contributed by atoms with E-state index < -0.39 is 0 Å². The van der Waals surface area contributed by atoms with Crippen molar-refractivity contribution in [3.63, 3.8) is 0 Å². The van der Waals surface area contributed by atoms with E-state index in [0.717, 1.165) is 35.4 Å². The smallest absolute Gasteiger partial charge is 0.227 e. The standard InChI is InChI=1S/C26H21ClN4OS/c27-20-12-10-18(11-13-20)24-23-21(6-3-7-22(23)32)28-25-29-26(30-31(24)25)33-15-16-8-9-17-4-1-2-5-19(17)14-16/h1-2,4-5,8-14,24H,3,6-7,15H2,(H,28,29,30)/t24-/m0/s1. The van der Waals surface area contributed by atoms with E-state index in [2.05, 4.69) is 47.8 Å². The first-order chi connectivity index (χ1) is 16.2. The highest BCUT2D eigenvalue weighted by atomic mass is 35.5. The van der Waals surface area contributed by atoms with Gasteiger partial charge in [0.15, 0.2) is 5.78 Å². The van der Waals surface area contributed by atoms with Gasteiger partial charge in [0.25, 0.3) is 0 Å². The molecule has 7 heteroatoms. The minimum atomic E-state index is -0.288. The number of hydrogen-bond acceptors (Lipinski definition) is 5. The number of rotatable bonds is 4. The van der Waals surface area contributed by atoms with Crippen LogP contribution in [0.25, 0.3) is 10.8 Å². The molecule has 0 amide bonds. The molecule has 0 radical (unpaired) electrons. The average molecular weight is 473 g/mol. The summed E-state index contributed by atoms with van der Waals surface area (Å²) in [5, 5.41) is 12.0. The molecule has 0 spiro atoms. The van der Waals surface area contributed by atoms with Crippen LogP contribution in [0.1, 0.15) is 36.4 Å². The third kappa shape index (κ3) is 3.83. The van der Waals surface area contributed by atoms with Crippen LogP contribution in [0.4, 0.5) is 5.95 Å². The van der Waals surface area contributed by atoms with E-state index >= 15 is 0 Å². The first-order valence-corrected chi connectivity index (χ1v) is 12.4. The number of carbonyl (C=O) groups is 1. The molecule has 2 aliphatic rings. The van der Waals surface area contributed by atoms with Crippen molar-refractivity contribution in [1.29, 1.82) is 0 Å². The Morgan fingerprint density at radius 1 is 1.03 bits per heavy atom. The van der Waals surface area contributed by atoms with Gasteiger partial charge in [0.1, 0.15) is 6.04 Å². The fraction of sp³-hybridized carbons (Fsp3) is 0.192. The fourth-order valence-corrected chi connectivity index (χ4v) is 5.53. The maximum atomic E-state index is 12.9. The monoisotopic (exact) mass is 472 g/mol. The highest BCUT2D eigenvalue weighted by Crippen LogP contribution is 2.41. The van der Waals surface area contributed by atoms with E-state index in [9.17, 15) is 4.79 Å². The number of halogens is 1. The normalized spacial score (nSPS) is 17.6. The minimum Gasteiger partial charge on any atom is -0.328 e. The minimum absolute atomic E-state index is 0.176. The predicted molar refractivity (Wildman–Crippen MR) is 133 cm³/mol. The number of fused-ring (bicyclic) bond motifs is 2. The van der Waals surface area contributed by atoms with Gasteiger partial charge in [-0.2, -0.15) is 4.98 Å². The Kier molecular flexibility index (Phi) is 5.19. The lowest BCUT2D eigenvalue weighted by Crippen LogP contribution is -2.31.